The van der Waals surface area contributed by atoms with E-state index in [2.05, 4.69) is 29.2 Å². The highest BCUT2D eigenvalue weighted by Crippen LogP contribution is 2.47. The molecule has 0 spiro atoms. The summed E-state index contributed by atoms with van der Waals surface area (Å²) in [7, 11) is 5.04. The zero-order valence-corrected chi connectivity index (χ0v) is 17.2. The van der Waals surface area contributed by atoms with Crippen LogP contribution in [0, 0.1) is 0 Å². The van der Waals surface area contributed by atoms with E-state index in [-0.39, 0.29) is 12.1 Å². The molecule has 0 bridgehead atoms. The third-order valence-corrected chi connectivity index (χ3v) is 6.95. The quantitative estimate of drug-likeness (QED) is 0.682. The van der Waals surface area contributed by atoms with Crippen LogP contribution in [0.4, 0.5) is 0 Å². The van der Waals surface area contributed by atoms with Crippen LogP contribution in [0.15, 0.2) is 30.3 Å². The van der Waals surface area contributed by atoms with Gasteiger partial charge in [0.2, 0.25) is 0 Å². The first-order valence-corrected chi connectivity index (χ1v) is 10.2. The summed E-state index contributed by atoms with van der Waals surface area (Å²) >= 11 is 0. The van der Waals surface area contributed by atoms with Crippen LogP contribution in [-0.4, -0.2) is 50.0 Å². The maximum absolute atomic E-state index is 10.3. The Hall–Kier alpha value is -2.50. The molecular weight excluding hydrogens is 366 g/mol. The minimum atomic E-state index is -0.146. The number of rotatable bonds is 4. The van der Waals surface area contributed by atoms with Gasteiger partial charge in [0.25, 0.3) is 0 Å². The summed E-state index contributed by atoms with van der Waals surface area (Å²) in [6.07, 6.45) is 3.03. The van der Waals surface area contributed by atoms with Crippen molar-refractivity contribution >= 4 is 21.5 Å². The molecule has 152 valence electrons. The SMILES string of the molecule is COc1ccc2c3c(c4cc(OC)c(OC)cc4c2c1)C[C@@]1(CO)CCCN1C3. The van der Waals surface area contributed by atoms with Gasteiger partial charge >= 0.3 is 0 Å². The number of hydrogen-bond acceptors (Lipinski definition) is 5. The molecule has 2 aliphatic rings. The third kappa shape index (κ3) is 2.61. The van der Waals surface area contributed by atoms with Crippen LogP contribution >= 0.6 is 0 Å². The summed E-state index contributed by atoms with van der Waals surface area (Å²) in [4.78, 5) is 2.48. The highest BCUT2D eigenvalue weighted by molar-refractivity contribution is 6.12. The molecule has 1 atom stereocenters. The molecule has 0 amide bonds. The Labute approximate surface area is 170 Å². The summed E-state index contributed by atoms with van der Waals surface area (Å²) < 4.78 is 16.7. The van der Waals surface area contributed by atoms with Crippen LogP contribution in [0.5, 0.6) is 17.2 Å². The first-order chi connectivity index (χ1) is 14.1. The molecule has 0 aliphatic carbocycles. The van der Waals surface area contributed by atoms with Gasteiger partial charge in [-0.05, 0) is 82.7 Å². The molecule has 1 N–H and O–H groups in total. The van der Waals surface area contributed by atoms with E-state index < -0.39 is 0 Å². The van der Waals surface area contributed by atoms with Crippen molar-refractivity contribution < 1.29 is 19.3 Å². The standard InChI is InChI=1S/C24H27NO4/c1-27-15-5-6-16-17(9-15)18-10-22(28-2)23(29-3)11-19(18)20-12-24(14-26)7-4-8-25(24)13-21(16)20/h5-6,9-11,26H,4,7-8,12-14H2,1-3H3/t24-/m1/s1. The first kappa shape index (κ1) is 18.5. The Morgan fingerprint density at radius 3 is 2.31 bits per heavy atom. The molecule has 2 heterocycles. The largest absolute Gasteiger partial charge is 0.497 e. The second-order valence-electron chi connectivity index (χ2n) is 8.21. The Morgan fingerprint density at radius 1 is 0.897 bits per heavy atom. The van der Waals surface area contributed by atoms with E-state index in [1.165, 1.54) is 21.9 Å². The van der Waals surface area contributed by atoms with Crippen molar-refractivity contribution in [3.05, 3.63) is 41.5 Å². The fraction of sp³-hybridized carbons (Fsp3) is 0.417. The maximum Gasteiger partial charge on any atom is 0.161 e. The Kier molecular flexibility index (Phi) is 4.33. The van der Waals surface area contributed by atoms with Crippen LogP contribution < -0.4 is 14.2 Å². The second-order valence-corrected chi connectivity index (χ2v) is 8.21. The number of aliphatic hydroxyl groups is 1. The van der Waals surface area contributed by atoms with Crippen molar-refractivity contribution in [2.75, 3.05) is 34.5 Å². The fourth-order valence-corrected chi connectivity index (χ4v) is 5.39. The van der Waals surface area contributed by atoms with Crippen LogP contribution in [-0.2, 0) is 13.0 Å². The highest BCUT2D eigenvalue weighted by Gasteiger charge is 2.44. The number of ether oxygens (including phenoxy) is 3. The summed E-state index contributed by atoms with van der Waals surface area (Å²) in [6, 6.07) is 10.5. The van der Waals surface area contributed by atoms with E-state index >= 15 is 0 Å². The number of methoxy groups -OCH3 is 3. The van der Waals surface area contributed by atoms with Crippen molar-refractivity contribution in [1.29, 1.82) is 0 Å². The lowest BCUT2D eigenvalue weighted by atomic mass is 9.79. The number of fused-ring (bicyclic) bond motifs is 7. The van der Waals surface area contributed by atoms with Gasteiger partial charge in [0.15, 0.2) is 11.5 Å². The molecule has 0 unspecified atom stereocenters. The molecule has 29 heavy (non-hydrogen) atoms. The summed E-state index contributed by atoms with van der Waals surface area (Å²) in [5.74, 6) is 2.30. The molecular formula is C24H27NO4. The molecule has 0 saturated carbocycles. The topological polar surface area (TPSA) is 51.2 Å². The van der Waals surface area contributed by atoms with Crippen molar-refractivity contribution in [3.63, 3.8) is 0 Å². The lowest BCUT2D eigenvalue weighted by Crippen LogP contribution is -2.51. The predicted molar refractivity (Wildman–Crippen MR) is 114 cm³/mol. The van der Waals surface area contributed by atoms with Crippen LogP contribution in [0.2, 0.25) is 0 Å². The summed E-state index contributed by atoms with van der Waals surface area (Å²) in [5, 5.41) is 15.0. The average molecular weight is 393 g/mol. The minimum Gasteiger partial charge on any atom is -0.497 e. The van der Waals surface area contributed by atoms with Gasteiger partial charge < -0.3 is 19.3 Å². The second kappa shape index (κ2) is 6.78. The fourth-order valence-electron chi connectivity index (χ4n) is 5.39. The zero-order chi connectivity index (χ0) is 20.2. The van der Waals surface area contributed by atoms with Crippen LogP contribution in [0.25, 0.3) is 21.5 Å². The number of aliphatic hydroxyl groups excluding tert-OH is 1. The van der Waals surface area contributed by atoms with Gasteiger partial charge in [0, 0.05) is 12.1 Å². The Balaban J connectivity index is 1.88. The van der Waals surface area contributed by atoms with Gasteiger partial charge in [-0.15, -0.1) is 0 Å². The van der Waals surface area contributed by atoms with Gasteiger partial charge in [-0.25, -0.2) is 0 Å². The van der Waals surface area contributed by atoms with E-state index in [9.17, 15) is 5.11 Å². The van der Waals surface area contributed by atoms with Gasteiger partial charge in [0.05, 0.1) is 27.9 Å². The molecule has 1 saturated heterocycles. The molecule has 0 radical (unpaired) electrons. The maximum atomic E-state index is 10.3. The van der Waals surface area contributed by atoms with E-state index in [1.807, 2.05) is 6.07 Å². The zero-order valence-electron chi connectivity index (χ0n) is 17.2. The van der Waals surface area contributed by atoms with Gasteiger partial charge in [-0.1, -0.05) is 6.07 Å². The van der Waals surface area contributed by atoms with Crippen molar-refractivity contribution in [2.24, 2.45) is 0 Å². The van der Waals surface area contributed by atoms with Gasteiger partial charge in [-0.3, -0.25) is 4.90 Å². The number of benzene rings is 3. The van der Waals surface area contributed by atoms with Crippen molar-refractivity contribution in [3.8, 4) is 17.2 Å². The smallest absolute Gasteiger partial charge is 0.161 e. The van der Waals surface area contributed by atoms with E-state index in [0.717, 1.165) is 60.4 Å². The van der Waals surface area contributed by atoms with Crippen molar-refractivity contribution in [2.45, 2.75) is 31.3 Å². The first-order valence-electron chi connectivity index (χ1n) is 10.2. The monoisotopic (exact) mass is 393 g/mol. The summed E-state index contributed by atoms with van der Waals surface area (Å²) in [5.41, 5.74) is 2.53. The third-order valence-electron chi connectivity index (χ3n) is 6.95. The predicted octanol–water partition coefficient (Wildman–Crippen LogP) is 3.90. The number of nitrogens with zero attached hydrogens (tertiary/aromatic N) is 1. The molecule has 1 fully saturated rings. The van der Waals surface area contributed by atoms with E-state index in [4.69, 9.17) is 14.2 Å². The normalized spacial score (nSPS) is 21.2. The molecule has 5 rings (SSSR count). The average Bonchev–Trinajstić information content (AvgIpc) is 3.20. The van der Waals surface area contributed by atoms with Crippen LogP contribution in [0.3, 0.4) is 0 Å². The molecule has 3 aromatic rings. The number of hydrogen-bond donors (Lipinski definition) is 1. The van der Waals surface area contributed by atoms with Gasteiger partial charge in [0.1, 0.15) is 5.75 Å². The molecule has 3 aromatic carbocycles. The molecule has 5 nitrogen and oxygen atoms in total. The molecule has 5 heteroatoms. The lowest BCUT2D eigenvalue weighted by Gasteiger charge is -2.43. The van der Waals surface area contributed by atoms with Crippen LogP contribution in [0.1, 0.15) is 24.0 Å². The minimum absolute atomic E-state index is 0.146. The molecule has 0 aromatic heterocycles. The Morgan fingerprint density at radius 2 is 1.62 bits per heavy atom. The highest BCUT2D eigenvalue weighted by atomic mass is 16.5. The van der Waals surface area contributed by atoms with E-state index in [1.54, 1.807) is 21.3 Å². The van der Waals surface area contributed by atoms with E-state index in [0.29, 0.717) is 0 Å². The summed E-state index contributed by atoms with van der Waals surface area (Å²) in [6.45, 7) is 2.10. The van der Waals surface area contributed by atoms with Crippen molar-refractivity contribution in [1.82, 2.24) is 4.90 Å². The Bertz CT molecular complexity index is 1110. The lowest BCUT2D eigenvalue weighted by molar-refractivity contribution is 0.0498. The molecule has 2 aliphatic heterocycles. The van der Waals surface area contributed by atoms with Gasteiger partial charge in [-0.2, -0.15) is 0 Å².